The van der Waals surface area contributed by atoms with Crippen LogP contribution in [-0.2, 0) is 14.3 Å². The molecule has 0 heterocycles. The average molecular weight is 403 g/mol. The molecule has 3 aromatic carbocycles. The number of amides is 1. The van der Waals surface area contributed by atoms with E-state index in [-0.39, 0.29) is 25.7 Å². The monoisotopic (exact) mass is 403 g/mol. The molecular weight excluding hydrogens is 382 g/mol. The predicted octanol–water partition coefficient (Wildman–Crippen LogP) is 3.48. The molecule has 0 aliphatic heterocycles. The number of carbonyl (C=O) groups is 3. The zero-order valence-corrected chi connectivity index (χ0v) is 16.2. The number of hydrogen-bond acceptors (Lipinski definition) is 5. The van der Waals surface area contributed by atoms with E-state index in [0.717, 1.165) is 11.1 Å². The summed E-state index contributed by atoms with van der Waals surface area (Å²) in [6.07, 6.45) is 0. The van der Waals surface area contributed by atoms with Crippen LogP contribution < -0.4 is 5.32 Å². The van der Waals surface area contributed by atoms with E-state index in [1.54, 1.807) is 42.5 Å². The van der Waals surface area contributed by atoms with Crippen LogP contribution in [0.4, 0.5) is 0 Å². The van der Waals surface area contributed by atoms with Gasteiger partial charge in [0.2, 0.25) is 0 Å². The van der Waals surface area contributed by atoms with Crippen LogP contribution in [-0.4, -0.2) is 37.6 Å². The standard InChI is InChI=1S/C24H21NO5/c26-22(29-15-16-30-24(28)21-9-5-2-6-10-21)17-25-23(27)20-13-11-19(12-14-20)18-7-3-1-4-8-18/h1-14H,15-17H2,(H,25,27). The van der Waals surface area contributed by atoms with Crippen molar-refractivity contribution in [3.05, 3.63) is 96.1 Å². The summed E-state index contributed by atoms with van der Waals surface area (Å²) in [7, 11) is 0. The quantitative estimate of drug-likeness (QED) is 0.460. The van der Waals surface area contributed by atoms with Crippen LogP contribution in [0.3, 0.4) is 0 Å². The number of rotatable bonds is 8. The SMILES string of the molecule is O=C(CNC(=O)c1ccc(-c2ccccc2)cc1)OCCOC(=O)c1ccccc1. The second-order valence-electron chi connectivity index (χ2n) is 6.35. The highest BCUT2D eigenvalue weighted by Crippen LogP contribution is 2.19. The predicted molar refractivity (Wildman–Crippen MR) is 112 cm³/mol. The average Bonchev–Trinajstić information content (AvgIpc) is 2.81. The van der Waals surface area contributed by atoms with E-state index < -0.39 is 11.9 Å². The van der Waals surface area contributed by atoms with E-state index in [2.05, 4.69) is 5.32 Å². The first-order valence-corrected chi connectivity index (χ1v) is 9.45. The maximum atomic E-state index is 12.2. The molecule has 1 amide bonds. The van der Waals surface area contributed by atoms with Gasteiger partial charge in [-0.15, -0.1) is 0 Å². The lowest BCUT2D eigenvalue weighted by Gasteiger charge is -2.08. The normalized spacial score (nSPS) is 10.1. The molecule has 152 valence electrons. The topological polar surface area (TPSA) is 81.7 Å². The third-order valence-electron chi connectivity index (χ3n) is 4.24. The van der Waals surface area contributed by atoms with Gasteiger partial charge in [-0.3, -0.25) is 9.59 Å². The van der Waals surface area contributed by atoms with Crippen LogP contribution >= 0.6 is 0 Å². The van der Waals surface area contributed by atoms with Gasteiger partial charge in [-0.25, -0.2) is 4.79 Å². The van der Waals surface area contributed by atoms with Gasteiger partial charge in [-0.1, -0.05) is 60.7 Å². The molecule has 6 nitrogen and oxygen atoms in total. The van der Waals surface area contributed by atoms with Crippen LogP contribution in [0.5, 0.6) is 0 Å². The molecule has 3 aromatic rings. The van der Waals surface area contributed by atoms with Gasteiger partial charge >= 0.3 is 11.9 Å². The molecule has 0 radical (unpaired) electrons. The van der Waals surface area contributed by atoms with E-state index in [1.165, 1.54) is 0 Å². The van der Waals surface area contributed by atoms with Gasteiger partial charge in [0.25, 0.3) is 5.91 Å². The number of benzene rings is 3. The van der Waals surface area contributed by atoms with Crippen molar-refractivity contribution >= 4 is 17.8 Å². The van der Waals surface area contributed by atoms with Crippen molar-refractivity contribution < 1.29 is 23.9 Å². The van der Waals surface area contributed by atoms with E-state index in [0.29, 0.717) is 11.1 Å². The number of nitrogens with one attached hydrogen (secondary N) is 1. The van der Waals surface area contributed by atoms with Crippen molar-refractivity contribution in [1.29, 1.82) is 0 Å². The van der Waals surface area contributed by atoms with Gasteiger partial charge in [0, 0.05) is 5.56 Å². The highest BCUT2D eigenvalue weighted by molar-refractivity contribution is 5.96. The summed E-state index contributed by atoms with van der Waals surface area (Å²) >= 11 is 0. The second kappa shape index (κ2) is 10.6. The lowest BCUT2D eigenvalue weighted by molar-refractivity contribution is -0.143. The van der Waals surface area contributed by atoms with Crippen molar-refractivity contribution in [2.24, 2.45) is 0 Å². The Morgan fingerprint density at radius 2 is 1.20 bits per heavy atom. The highest BCUT2D eigenvalue weighted by Gasteiger charge is 2.10. The minimum absolute atomic E-state index is 0.0611. The molecular formula is C24H21NO5. The Morgan fingerprint density at radius 1 is 0.633 bits per heavy atom. The Morgan fingerprint density at radius 3 is 1.87 bits per heavy atom. The minimum atomic E-state index is -0.611. The zero-order chi connectivity index (χ0) is 21.2. The third-order valence-corrected chi connectivity index (χ3v) is 4.24. The summed E-state index contributed by atoms with van der Waals surface area (Å²) in [5.41, 5.74) is 2.92. The molecule has 3 rings (SSSR count). The Balaban J connectivity index is 1.37. The fourth-order valence-electron chi connectivity index (χ4n) is 2.70. The molecule has 0 spiro atoms. The molecule has 0 saturated carbocycles. The van der Waals surface area contributed by atoms with E-state index in [4.69, 9.17) is 9.47 Å². The summed E-state index contributed by atoms with van der Waals surface area (Å²) in [4.78, 5) is 35.7. The molecule has 0 aromatic heterocycles. The second-order valence-corrected chi connectivity index (χ2v) is 6.35. The summed E-state index contributed by atoms with van der Waals surface area (Å²) in [6, 6.07) is 25.4. The number of carbonyl (C=O) groups excluding carboxylic acids is 3. The van der Waals surface area contributed by atoms with Crippen molar-refractivity contribution in [3.63, 3.8) is 0 Å². The summed E-state index contributed by atoms with van der Waals surface area (Å²) < 4.78 is 9.98. The molecule has 30 heavy (non-hydrogen) atoms. The maximum Gasteiger partial charge on any atom is 0.338 e. The lowest BCUT2D eigenvalue weighted by Crippen LogP contribution is -2.31. The highest BCUT2D eigenvalue weighted by atomic mass is 16.6. The summed E-state index contributed by atoms with van der Waals surface area (Å²) in [5.74, 6) is -1.47. The fourth-order valence-corrected chi connectivity index (χ4v) is 2.70. The van der Waals surface area contributed by atoms with E-state index >= 15 is 0 Å². The number of esters is 2. The van der Waals surface area contributed by atoms with Gasteiger partial charge in [0.15, 0.2) is 0 Å². The molecule has 1 N–H and O–H groups in total. The van der Waals surface area contributed by atoms with Crippen LogP contribution in [0.2, 0.25) is 0 Å². The Hall–Kier alpha value is -3.93. The summed E-state index contributed by atoms with van der Waals surface area (Å²) in [5, 5.41) is 2.51. The van der Waals surface area contributed by atoms with Gasteiger partial charge in [0.05, 0.1) is 5.56 Å². The summed E-state index contributed by atoms with van der Waals surface area (Å²) in [6.45, 7) is -0.417. The van der Waals surface area contributed by atoms with Crippen LogP contribution in [0, 0.1) is 0 Å². The van der Waals surface area contributed by atoms with E-state index in [1.807, 2.05) is 42.5 Å². The molecule has 0 saturated heterocycles. The lowest BCUT2D eigenvalue weighted by atomic mass is 10.0. The van der Waals surface area contributed by atoms with Gasteiger partial charge in [-0.05, 0) is 35.4 Å². The third kappa shape index (κ3) is 6.04. The first-order valence-electron chi connectivity index (χ1n) is 9.45. The molecule has 0 fully saturated rings. The number of ether oxygens (including phenoxy) is 2. The van der Waals surface area contributed by atoms with E-state index in [9.17, 15) is 14.4 Å². The molecule has 0 aliphatic carbocycles. The van der Waals surface area contributed by atoms with Crippen molar-refractivity contribution in [3.8, 4) is 11.1 Å². The smallest absolute Gasteiger partial charge is 0.338 e. The first-order chi connectivity index (χ1) is 14.6. The molecule has 6 heteroatoms. The van der Waals surface area contributed by atoms with Crippen molar-refractivity contribution in [1.82, 2.24) is 5.32 Å². The molecule has 0 bridgehead atoms. The van der Waals surface area contributed by atoms with Gasteiger partial charge in [-0.2, -0.15) is 0 Å². The van der Waals surface area contributed by atoms with Gasteiger partial charge in [0.1, 0.15) is 19.8 Å². The fraction of sp³-hybridized carbons (Fsp3) is 0.125. The Labute approximate surface area is 174 Å². The zero-order valence-electron chi connectivity index (χ0n) is 16.2. The number of hydrogen-bond donors (Lipinski definition) is 1. The first kappa shape index (κ1) is 20.8. The van der Waals surface area contributed by atoms with Crippen LogP contribution in [0.15, 0.2) is 84.9 Å². The molecule has 0 atom stereocenters. The van der Waals surface area contributed by atoms with Crippen LogP contribution in [0.25, 0.3) is 11.1 Å². The van der Waals surface area contributed by atoms with Crippen molar-refractivity contribution in [2.45, 2.75) is 0 Å². The molecule has 0 unspecified atom stereocenters. The Kier molecular flexibility index (Phi) is 7.33. The largest absolute Gasteiger partial charge is 0.461 e. The minimum Gasteiger partial charge on any atom is -0.461 e. The van der Waals surface area contributed by atoms with Gasteiger partial charge < -0.3 is 14.8 Å². The molecule has 0 aliphatic rings. The van der Waals surface area contributed by atoms with Crippen molar-refractivity contribution in [2.75, 3.05) is 19.8 Å². The Bertz CT molecular complexity index is 985. The van der Waals surface area contributed by atoms with Crippen LogP contribution in [0.1, 0.15) is 20.7 Å². The maximum absolute atomic E-state index is 12.2.